The van der Waals surface area contributed by atoms with E-state index in [4.69, 9.17) is 0 Å². The molecule has 1 heterocycles. The number of fused-ring (bicyclic) bond motifs is 1. The number of aryl methyl sites for hydroxylation is 1. The normalized spacial score (nSPS) is 20.9. The quantitative estimate of drug-likeness (QED) is 0.881. The first kappa shape index (κ1) is 13.9. The monoisotopic (exact) mass is 272 g/mol. The molecule has 0 unspecified atom stereocenters. The van der Waals surface area contributed by atoms with Crippen molar-refractivity contribution in [1.29, 1.82) is 0 Å². The van der Waals surface area contributed by atoms with Crippen LogP contribution in [0.1, 0.15) is 44.6 Å². The Morgan fingerprint density at radius 2 is 1.95 bits per heavy atom. The van der Waals surface area contributed by atoms with Crippen molar-refractivity contribution < 1.29 is 0 Å². The Bertz CT molecular complexity index is 435. The molecular formula is C18H28N2. The molecule has 1 aromatic carbocycles. The van der Waals surface area contributed by atoms with Crippen LogP contribution in [0.3, 0.4) is 0 Å². The number of anilines is 1. The van der Waals surface area contributed by atoms with E-state index in [2.05, 4.69) is 41.4 Å². The standard InChI is InChI=1S/C18H28N2/c1-2-19-14-18(11-5-6-12-18)15-20-13-7-9-16-8-3-4-10-17(16)20/h3-4,8,10,19H,2,5-7,9,11-15H2,1H3. The fraction of sp³-hybridized carbons (Fsp3) is 0.667. The maximum absolute atomic E-state index is 3.62. The van der Waals surface area contributed by atoms with Gasteiger partial charge in [-0.3, -0.25) is 0 Å². The van der Waals surface area contributed by atoms with Crippen LogP contribution in [-0.4, -0.2) is 26.2 Å². The maximum Gasteiger partial charge on any atom is 0.0398 e. The van der Waals surface area contributed by atoms with Crippen LogP contribution in [0.15, 0.2) is 24.3 Å². The summed E-state index contributed by atoms with van der Waals surface area (Å²) in [5.74, 6) is 0. The first-order valence-electron chi connectivity index (χ1n) is 8.37. The molecule has 0 atom stereocenters. The average molecular weight is 272 g/mol. The largest absolute Gasteiger partial charge is 0.371 e. The first-order chi connectivity index (χ1) is 9.83. The molecule has 0 bridgehead atoms. The van der Waals surface area contributed by atoms with Crippen LogP contribution in [0, 0.1) is 5.41 Å². The second kappa shape index (κ2) is 6.17. The molecule has 1 saturated carbocycles. The van der Waals surface area contributed by atoms with Gasteiger partial charge < -0.3 is 10.2 Å². The summed E-state index contributed by atoms with van der Waals surface area (Å²) in [5, 5.41) is 3.62. The zero-order valence-corrected chi connectivity index (χ0v) is 12.8. The molecule has 1 aromatic rings. The van der Waals surface area contributed by atoms with Gasteiger partial charge in [0, 0.05) is 30.7 Å². The highest BCUT2D eigenvalue weighted by molar-refractivity contribution is 5.55. The molecule has 0 radical (unpaired) electrons. The molecule has 2 heteroatoms. The van der Waals surface area contributed by atoms with E-state index < -0.39 is 0 Å². The molecule has 20 heavy (non-hydrogen) atoms. The van der Waals surface area contributed by atoms with Crippen LogP contribution in [0.25, 0.3) is 0 Å². The summed E-state index contributed by atoms with van der Waals surface area (Å²) in [6, 6.07) is 9.02. The molecule has 2 aliphatic rings. The van der Waals surface area contributed by atoms with Gasteiger partial charge in [-0.2, -0.15) is 0 Å². The van der Waals surface area contributed by atoms with E-state index in [1.165, 1.54) is 63.8 Å². The van der Waals surface area contributed by atoms with Crippen LogP contribution in [0.2, 0.25) is 0 Å². The fourth-order valence-electron chi connectivity index (χ4n) is 4.09. The molecule has 0 saturated heterocycles. The van der Waals surface area contributed by atoms with Crippen molar-refractivity contribution in [2.24, 2.45) is 5.41 Å². The molecular weight excluding hydrogens is 244 g/mol. The van der Waals surface area contributed by atoms with Gasteiger partial charge in [-0.15, -0.1) is 0 Å². The molecule has 110 valence electrons. The van der Waals surface area contributed by atoms with Crippen molar-refractivity contribution >= 4 is 5.69 Å². The van der Waals surface area contributed by atoms with Gasteiger partial charge in [0.2, 0.25) is 0 Å². The van der Waals surface area contributed by atoms with Crippen molar-refractivity contribution in [3.05, 3.63) is 29.8 Å². The van der Waals surface area contributed by atoms with Gasteiger partial charge in [-0.25, -0.2) is 0 Å². The van der Waals surface area contributed by atoms with E-state index in [0.29, 0.717) is 5.41 Å². The molecule has 2 nitrogen and oxygen atoms in total. The Morgan fingerprint density at radius 1 is 1.15 bits per heavy atom. The number of nitrogens with zero attached hydrogens (tertiary/aromatic N) is 1. The minimum absolute atomic E-state index is 0.514. The van der Waals surface area contributed by atoms with Crippen molar-refractivity contribution in [3.8, 4) is 0 Å². The van der Waals surface area contributed by atoms with Gasteiger partial charge >= 0.3 is 0 Å². The minimum Gasteiger partial charge on any atom is -0.371 e. The van der Waals surface area contributed by atoms with E-state index in [9.17, 15) is 0 Å². The lowest BCUT2D eigenvalue weighted by Crippen LogP contribution is -2.44. The highest BCUT2D eigenvalue weighted by atomic mass is 15.1. The molecule has 3 rings (SSSR count). The molecule has 0 spiro atoms. The topological polar surface area (TPSA) is 15.3 Å². The summed E-state index contributed by atoms with van der Waals surface area (Å²) in [5.41, 5.74) is 3.57. The third-order valence-corrected chi connectivity index (χ3v) is 5.15. The lowest BCUT2D eigenvalue weighted by Gasteiger charge is -2.39. The Hall–Kier alpha value is -1.02. The summed E-state index contributed by atoms with van der Waals surface area (Å²) in [7, 11) is 0. The SMILES string of the molecule is CCNCC1(CN2CCCc3ccccc32)CCCC1. The lowest BCUT2D eigenvalue weighted by molar-refractivity contribution is 0.283. The predicted molar refractivity (Wildman–Crippen MR) is 86.4 cm³/mol. The lowest BCUT2D eigenvalue weighted by atomic mass is 9.84. The van der Waals surface area contributed by atoms with E-state index in [1.807, 2.05) is 0 Å². The number of rotatable bonds is 5. The highest BCUT2D eigenvalue weighted by Crippen LogP contribution is 2.40. The Morgan fingerprint density at radius 3 is 2.75 bits per heavy atom. The van der Waals surface area contributed by atoms with E-state index >= 15 is 0 Å². The van der Waals surface area contributed by atoms with E-state index in [-0.39, 0.29) is 0 Å². The molecule has 1 N–H and O–H groups in total. The van der Waals surface area contributed by atoms with Gasteiger partial charge in [0.1, 0.15) is 0 Å². The van der Waals surface area contributed by atoms with Crippen molar-refractivity contribution in [2.45, 2.75) is 45.4 Å². The van der Waals surface area contributed by atoms with E-state index in [1.54, 1.807) is 5.56 Å². The fourth-order valence-corrected chi connectivity index (χ4v) is 4.09. The number of para-hydroxylation sites is 1. The number of hydrogen-bond donors (Lipinski definition) is 1. The van der Waals surface area contributed by atoms with Gasteiger partial charge in [-0.05, 0) is 43.9 Å². The number of hydrogen-bond acceptors (Lipinski definition) is 2. The Labute approximate surface area is 123 Å². The molecule has 1 aliphatic carbocycles. The maximum atomic E-state index is 3.62. The third-order valence-electron chi connectivity index (χ3n) is 5.15. The summed E-state index contributed by atoms with van der Waals surface area (Å²) in [6.07, 6.45) is 8.21. The smallest absolute Gasteiger partial charge is 0.0398 e. The predicted octanol–water partition coefficient (Wildman–Crippen LogP) is 3.61. The van der Waals surface area contributed by atoms with Crippen LogP contribution >= 0.6 is 0 Å². The molecule has 0 amide bonds. The van der Waals surface area contributed by atoms with Gasteiger partial charge in [0.25, 0.3) is 0 Å². The second-order valence-electron chi connectivity index (χ2n) is 6.64. The first-order valence-corrected chi connectivity index (χ1v) is 8.37. The van der Waals surface area contributed by atoms with Crippen LogP contribution in [-0.2, 0) is 6.42 Å². The zero-order chi connectivity index (χ0) is 13.8. The average Bonchev–Trinajstić information content (AvgIpc) is 2.95. The van der Waals surface area contributed by atoms with E-state index in [0.717, 1.165) is 6.54 Å². The van der Waals surface area contributed by atoms with Crippen molar-refractivity contribution in [3.63, 3.8) is 0 Å². The summed E-state index contributed by atoms with van der Waals surface area (Å²) in [6.45, 7) is 7.00. The van der Waals surface area contributed by atoms with Crippen molar-refractivity contribution in [2.75, 3.05) is 31.1 Å². The number of benzene rings is 1. The van der Waals surface area contributed by atoms with Crippen molar-refractivity contribution in [1.82, 2.24) is 5.32 Å². The zero-order valence-electron chi connectivity index (χ0n) is 12.8. The summed E-state index contributed by atoms with van der Waals surface area (Å²) in [4.78, 5) is 2.67. The van der Waals surface area contributed by atoms with Gasteiger partial charge in [-0.1, -0.05) is 38.0 Å². The summed E-state index contributed by atoms with van der Waals surface area (Å²) >= 11 is 0. The van der Waals surface area contributed by atoms with Crippen LogP contribution in [0.5, 0.6) is 0 Å². The molecule has 1 fully saturated rings. The minimum atomic E-state index is 0.514. The molecule has 1 aliphatic heterocycles. The summed E-state index contributed by atoms with van der Waals surface area (Å²) < 4.78 is 0. The van der Waals surface area contributed by atoms with Crippen LogP contribution in [0.4, 0.5) is 5.69 Å². The highest BCUT2D eigenvalue weighted by Gasteiger charge is 2.36. The third kappa shape index (κ3) is 2.85. The van der Waals surface area contributed by atoms with Crippen LogP contribution < -0.4 is 10.2 Å². The number of nitrogens with one attached hydrogen (secondary N) is 1. The second-order valence-corrected chi connectivity index (χ2v) is 6.64. The van der Waals surface area contributed by atoms with Gasteiger partial charge in [0.05, 0.1) is 0 Å². The Kier molecular flexibility index (Phi) is 4.30. The van der Waals surface area contributed by atoms with Gasteiger partial charge in [0.15, 0.2) is 0 Å². The Balaban J connectivity index is 1.76. The molecule has 0 aromatic heterocycles.